The number of aliphatic carboxylic acids is 1. The Bertz CT molecular complexity index is 404. The van der Waals surface area contributed by atoms with E-state index in [2.05, 4.69) is 9.97 Å². The van der Waals surface area contributed by atoms with Gasteiger partial charge >= 0.3 is 5.97 Å². The fraction of sp³-hybridized carbons (Fsp3) is 0.545. The maximum atomic E-state index is 10.9. The van der Waals surface area contributed by atoms with Gasteiger partial charge in [-0.05, 0) is 25.8 Å². The van der Waals surface area contributed by atoms with Gasteiger partial charge in [-0.25, -0.2) is 14.8 Å². The zero-order valence-electron chi connectivity index (χ0n) is 9.42. The number of hydrogen-bond acceptors (Lipinski definition) is 4. The van der Waals surface area contributed by atoms with E-state index in [0.717, 1.165) is 18.7 Å². The molecule has 1 aliphatic rings. The van der Waals surface area contributed by atoms with E-state index in [9.17, 15) is 4.79 Å². The molecule has 1 atom stereocenters. The number of likely N-dealkylation sites (N-methyl/N-ethyl adjacent to an activating group) is 1. The average molecular weight is 221 g/mol. The van der Waals surface area contributed by atoms with Crippen molar-refractivity contribution in [3.8, 4) is 0 Å². The van der Waals surface area contributed by atoms with Crippen LogP contribution in [0, 0.1) is 0 Å². The molecule has 0 saturated heterocycles. The third kappa shape index (κ3) is 2.13. The minimum Gasteiger partial charge on any atom is -0.480 e. The van der Waals surface area contributed by atoms with E-state index in [-0.39, 0.29) is 0 Å². The number of aromatic nitrogens is 2. The molecule has 1 heterocycles. The summed E-state index contributed by atoms with van der Waals surface area (Å²) in [6.07, 6.45) is 3.98. The fourth-order valence-corrected chi connectivity index (χ4v) is 1.46. The molecule has 5 heteroatoms. The first-order valence-electron chi connectivity index (χ1n) is 5.38. The lowest BCUT2D eigenvalue weighted by molar-refractivity contribution is -0.138. The summed E-state index contributed by atoms with van der Waals surface area (Å²) in [5.74, 6) is 1.14. The van der Waals surface area contributed by atoms with Gasteiger partial charge in [0.1, 0.15) is 17.7 Å². The Morgan fingerprint density at radius 3 is 2.88 bits per heavy atom. The van der Waals surface area contributed by atoms with Crippen LogP contribution in [0.15, 0.2) is 12.3 Å². The molecule has 0 aromatic carbocycles. The van der Waals surface area contributed by atoms with Crippen LogP contribution in [0.2, 0.25) is 0 Å². The minimum absolute atomic E-state index is 0.480. The molecule has 0 radical (unpaired) electrons. The first-order chi connectivity index (χ1) is 7.59. The second-order valence-corrected chi connectivity index (χ2v) is 4.17. The first kappa shape index (κ1) is 10.9. The molecule has 1 aromatic rings. The Morgan fingerprint density at radius 1 is 1.62 bits per heavy atom. The lowest BCUT2D eigenvalue weighted by atomic mass is 10.3. The third-order valence-electron chi connectivity index (χ3n) is 2.90. The molecule has 5 nitrogen and oxygen atoms in total. The van der Waals surface area contributed by atoms with Gasteiger partial charge in [0.2, 0.25) is 0 Å². The average Bonchev–Trinajstić information content (AvgIpc) is 3.11. The standard InChI is InChI=1S/C11H15N3O2/c1-7(11(15)16)14(2)9-5-6-12-10(13-9)8-3-4-8/h5-8H,3-4H2,1-2H3,(H,15,16). The predicted molar refractivity (Wildman–Crippen MR) is 59.5 cm³/mol. The highest BCUT2D eigenvalue weighted by Gasteiger charge is 2.27. The molecule has 0 bridgehead atoms. The van der Waals surface area contributed by atoms with Crippen LogP contribution in [0.5, 0.6) is 0 Å². The number of anilines is 1. The molecule has 2 rings (SSSR count). The Kier molecular flexibility index (Phi) is 2.77. The van der Waals surface area contributed by atoms with Gasteiger partial charge in [0, 0.05) is 19.2 Å². The van der Waals surface area contributed by atoms with Crippen LogP contribution >= 0.6 is 0 Å². The molecule has 1 aromatic heterocycles. The van der Waals surface area contributed by atoms with Gasteiger partial charge in [0.05, 0.1) is 0 Å². The topological polar surface area (TPSA) is 66.3 Å². The number of carbonyl (C=O) groups is 1. The Balaban J connectivity index is 2.18. The van der Waals surface area contributed by atoms with Gasteiger partial charge in [-0.2, -0.15) is 0 Å². The molecule has 1 N–H and O–H groups in total. The van der Waals surface area contributed by atoms with Gasteiger partial charge in [-0.3, -0.25) is 0 Å². The highest BCUT2D eigenvalue weighted by molar-refractivity contribution is 5.76. The highest BCUT2D eigenvalue weighted by Crippen LogP contribution is 2.38. The van der Waals surface area contributed by atoms with E-state index in [4.69, 9.17) is 5.11 Å². The molecule has 0 amide bonds. The van der Waals surface area contributed by atoms with Crippen molar-refractivity contribution in [2.45, 2.75) is 31.7 Å². The molecule has 0 aliphatic heterocycles. The van der Waals surface area contributed by atoms with Crippen molar-refractivity contribution in [2.24, 2.45) is 0 Å². The van der Waals surface area contributed by atoms with Crippen LogP contribution in [-0.2, 0) is 4.79 Å². The fourth-order valence-electron chi connectivity index (χ4n) is 1.46. The van der Waals surface area contributed by atoms with E-state index < -0.39 is 12.0 Å². The molecule has 1 aliphatic carbocycles. The van der Waals surface area contributed by atoms with Crippen molar-refractivity contribution >= 4 is 11.8 Å². The number of carboxylic acids is 1. The zero-order chi connectivity index (χ0) is 11.7. The Morgan fingerprint density at radius 2 is 2.31 bits per heavy atom. The monoisotopic (exact) mass is 221 g/mol. The van der Waals surface area contributed by atoms with Gasteiger partial charge < -0.3 is 10.0 Å². The summed E-state index contributed by atoms with van der Waals surface area (Å²) in [5, 5.41) is 8.92. The molecule has 16 heavy (non-hydrogen) atoms. The maximum absolute atomic E-state index is 10.9. The molecular weight excluding hydrogens is 206 g/mol. The summed E-state index contributed by atoms with van der Waals surface area (Å²) < 4.78 is 0. The van der Waals surface area contributed by atoms with Crippen molar-refractivity contribution in [2.75, 3.05) is 11.9 Å². The molecule has 0 spiro atoms. The SMILES string of the molecule is CC(C(=O)O)N(C)c1ccnc(C2CC2)n1. The van der Waals surface area contributed by atoms with Gasteiger partial charge in [-0.1, -0.05) is 0 Å². The van der Waals surface area contributed by atoms with E-state index in [1.165, 1.54) is 0 Å². The van der Waals surface area contributed by atoms with Crippen LogP contribution in [0.4, 0.5) is 5.82 Å². The summed E-state index contributed by atoms with van der Waals surface area (Å²) in [5.41, 5.74) is 0. The van der Waals surface area contributed by atoms with Crippen molar-refractivity contribution in [1.29, 1.82) is 0 Å². The molecule has 86 valence electrons. The van der Waals surface area contributed by atoms with Crippen LogP contribution in [0.1, 0.15) is 31.5 Å². The van der Waals surface area contributed by atoms with Crippen molar-refractivity contribution in [3.63, 3.8) is 0 Å². The van der Waals surface area contributed by atoms with E-state index in [1.54, 1.807) is 31.1 Å². The Labute approximate surface area is 94.1 Å². The van der Waals surface area contributed by atoms with Crippen molar-refractivity contribution in [1.82, 2.24) is 9.97 Å². The van der Waals surface area contributed by atoms with Crippen molar-refractivity contribution in [3.05, 3.63) is 18.1 Å². The van der Waals surface area contributed by atoms with Crippen LogP contribution in [0.3, 0.4) is 0 Å². The lowest BCUT2D eigenvalue weighted by Gasteiger charge is -2.22. The van der Waals surface area contributed by atoms with Crippen LogP contribution in [-0.4, -0.2) is 34.1 Å². The number of hydrogen-bond donors (Lipinski definition) is 1. The summed E-state index contributed by atoms with van der Waals surface area (Å²) in [6, 6.07) is 1.16. The molecule has 1 fully saturated rings. The van der Waals surface area contributed by atoms with Crippen molar-refractivity contribution < 1.29 is 9.90 Å². The lowest BCUT2D eigenvalue weighted by Crippen LogP contribution is -2.36. The summed E-state index contributed by atoms with van der Waals surface area (Å²) in [4.78, 5) is 21.1. The van der Waals surface area contributed by atoms with E-state index in [0.29, 0.717) is 11.7 Å². The smallest absolute Gasteiger partial charge is 0.326 e. The quantitative estimate of drug-likeness (QED) is 0.829. The van der Waals surface area contributed by atoms with Gasteiger partial charge in [-0.15, -0.1) is 0 Å². The molecular formula is C11H15N3O2. The summed E-state index contributed by atoms with van der Waals surface area (Å²) in [6.45, 7) is 1.64. The van der Waals surface area contributed by atoms with Crippen LogP contribution in [0.25, 0.3) is 0 Å². The Hall–Kier alpha value is -1.65. The van der Waals surface area contributed by atoms with Gasteiger partial charge in [0.25, 0.3) is 0 Å². The normalized spacial score (nSPS) is 16.9. The first-order valence-corrected chi connectivity index (χ1v) is 5.38. The molecule has 1 saturated carbocycles. The second kappa shape index (κ2) is 4.08. The number of carboxylic acid groups (broad SMARTS) is 1. The third-order valence-corrected chi connectivity index (χ3v) is 2.90. The van der Waals surface area contributed by atoms with Crippen LogP contribution < -0.4 is 4.90 Å². The highest BCUT2D eigenvalue weighted by atomic mass is 16.4. The largest absolute Gasteiger partial charge is 0.480 e. The summed E-state index contributed by atoms with van der Waals surface area (Å²) >= 11 is 0. The van der Waals surface area contributed by atoms with Gasteiger partial charge in [0.15, 0.2) is 0 Å². The minimum atomic E-state index is -0.853. The zero-order valence-corrected chi connectivity index (χ0v) is 9.42. The maximum Gasteiger partial charge on any atom is 0.326 e. The molecule has 1 unspecified atom stereocenters. The predicted octanol–water partition coefficient (Wildman–Crippen LogP) is 1.26. The number of nitrogens with zero attached hydrogens (tertiary/aromatic N) is 3. The summed E-state index contributed by atoms with van der Waals surface area (Å²) in [7, 11) is 1.73. The van der Waals surface area contributed by atoms with E-state index >= 15 is 0 Å². The van der Waals surface area contributed by atoms with E-state index in [1.807, 2.05) is 0 Å². The number of rotatable bonds is 4. The second-order valence-electron chi connectivity index (χ2n) is 4.17.